The third-order valence-corrected chi connectivity index (χ3v) is 3.35. The zero-order valence-electron chi connectivity index (χ0n) is 10.4. The number of thiophene rings is 1. The van der Waals surface area contributed by atoms with Crippen LogP contribution in [0.25, 0.3) is 0 Å². The molecule has 0 spiro atoms. The van der Waals surface area contributed by atoms with Gasteiger partial charge in [0.15, 0.2) is 6.39 Å². The number of carbonyl (C=O) groups is 1. The van der Waals surface area contributed by atoms with E-state index < -0.39 is 0 Å². The van der Waals surface area contributed by atoms with Crippen LogP contribution >= 0.6 is 11.3 Å². The molecule has 1 amide bonds. The van der Waals surface area contributed by atoms with Gasteiger partial charge in [0.1, 0.15) is 0 Å². The summed E-state index contributed by atoms with van der Waals surface area (Å²) in [7, 11) is 0. The molecule has 5 nitrogen and oxygen atoms in total. The Morgan fingerprint density at radius 1 is 1.58 bits per heavy atom. The standard InChI is InChI=1S/C13H13N3O2S/c1-9-12(18-8-16-9)13(17)15-7-11-5-4-10(19-11)3-2-6-14/h4-5,8H,6-7,14H2,1H3,(H,15,17). The summed E-state index contributed by atoms with van der Waals surface area (Å²) in [5.41, 5.74) is 5.89. The van der Waals surface area contributed by atoms with E-state index in [1.807, 2.05) is 12.1 Å². The lowest BCUT2D eigenvalue weighted by atomic mass is 10.3. The number of nitrogens with one attached hydrogen (secondary N) is 1. The summed E-state index contributed by atoms with van der Waals surface area (Å²) in [5.74, 6) is 5.73. The van der Waals surface area contributed by atoms with Crippen LogP contribution in [0, 0.1) is 18.8 Å². The molecule has 2 aromatic heterocycles. The van der Waals surface area contributed by atoms with Gasteiger partial charge in [-0.15, -0.1) is 11.3 Å². The maximum atomic E-state index is 11.8. The number of rotatable bonds is 3. The zero-order valence-corrected chi connectivity index (χ0v) is 11.2. The number of nitrogens with zero attached hydrogens (tertiary/aromatic N) is 1. The second kappa shape index (κ2) is 6.18. The number of amides is 1. The van der Waals surface area contributed by atoms with Crippen LogP contribution in [0.3, 0.4) is 0 Å². The maximum absolute atomic E-state index is 11.8. The SMILES string of the molecule is Cc1ncoc1C(=O)NCc1ccc(C#CCN)s1. The number of aromatic nitrogens is 1. The third kappa shape index (κ3) is 3.44. The van der Waals surface area contributed by atoms with E-state index in [9.17, 15) is 4.79 Å². The molecule has 2 rings (SSSR count). The number of hydrogen-bond acceptors (Lipinski definition) is 5. The predicted octanol–water partition coefficient (Wildman–Crippen LogP) is 1.28. The lowest BCUT2D eigenvalue weighted by molar-refractivity contribution is 0.0922. The Balaban J connectivity index is 1.94. The highest BCUT2D eigenvalue weighted by atomic mass is 32.1. The van der Waals surface area contributed by atoms with E-state index in [-0.39, 0.29) is 11.7 Å². The van der Waals surface area contributed by atoms with E-state index in [1.165, 1.54) is 17.7 Å². The molecule has 2 aromatic rings. The molecule has 19 heavy (non-hydrogen) atoms. The molecule has 0 aliphatic carbocycles. The highest BCUT2D eigenvalue weighted by molar-refractivity contribution is 7.12. The summed E-state index contributed by atoms with van der Waals surface area (Å²) in [5, 5.41) is 2.78. The first-order valence-electron chi connectivity index (χ1n) is 5.66. The van der Waals surface area contributed by atoms with Gasteiger partial charge in [0.2, 0.25) is 5.76 Å². The molecule has 3 N–H and O–H groups in total. The van der Waals surface area contributed by atoms with Gasteiger partial charge in [0.05, 0.1) is 23.7 Å². The smallest absolute Gasteiger partial charge is 0.289 e. The van der Waals surface area contributed by atoms with E-state index in [2.05, 4.69) is 22.1 Å². The number of nitrogens with two attached hydrogens (primary N) is 1. The quantitative estimate of drug-likeness (QED) is 0.827. The van der Waals surface area contributed by atoms with Crippen LogP contribution in [0.2, 0.25) is 0 Å². The summed E-state index contributed by atoms with van der Waals surface area (Å²) in [6.07, 6.45) is 1.26. The van der Waals surface area contributed by atoms with Crippen molar-refractivity contribution in [1.82, 2.24) is 10.3 Å². The minimum Gasteiger partial charge on any atom is -0.438 e. The van der Waals surface area contributed by atoms with Crippen molar-refractivity contribution in [2.24, 2.45) is 5.73 Å². The van der Waals surface area contributed by atoms with Crippen molar-refractivity contribution in [1.29, 1.82) is 0 Å². The molecule has 2 heterocycles. The molecule has 0 saturated carbocycles. The largest absolute Gasteiger partial charge is 0.438 e. The van der Waals surface area contributed by atoms with Crippen LogP contribution in [0.4, 0.5) is 0 Å². The minimum absolute atomic E-state index is 0.250. The molecule has 0 aliphatic rings. The first kappa shape index (κ1) is 13.3. The second-order valence-corrected chi connectivity index (χ2v) is 4.89. The van der Waals surface area contributed by atoms with Crippen LogP contribution in [-0.4, -0.2) is 17.4 Å². The van der Waals surface area contributed by atoms with Gasteiger partial charge >= 0.3 is 0 Å². The van der Waals surface area contributed by atoms with E-state index >= 15 is 0 Å². The molecular formula is C13H13N3O2S. The monoisotopic (exact) mass is 275 g/mol. The van der Waals surface area contributed by atoms with Crippen molar-refractivity contribution in [3.05, 3.63) is 39.7 Å². The van der Waals surface area contributed by atoms with E-state index in [0.717, 1.165) is 9.75 Å². The van der Waals surface area contributed by atoms with Crippen molar-refractivity contribution in [2.45, 2.75) is 13.5 Å². The van der Waals surface area contributed by atoms with Crippen LogP contribution < -0.4 is 11.1 Å². The fourth-order valence-electron chi connectivity index (χ4n) is 1.45. The molecule has 0 unspecified atom stereocenters. The summed E-state index contributed by atoms with van der Waals surface area (Å²) in [6.45, 7) is 2.51. The molecule has 6 heteroatoms. The fourth-order valence-corrected chi connectivity index (χ4v) is 2.27. The normalized spacial score (nSPS) is 9.79. The lowest BCUT2D eigenvalue weighted by Gasteiger charge is -2.00. The summed E-state index contributed by atoms with van der Waals surface area (Å²) < 4.78 is 5.02. The summed E-state index contributed by atoms with van der Waals surface area (Å²) >= 11 is 1.53. The van der Waals surface area contributed by atoms with Gasteiger partial charge in [-0.2, -0.15) is 0 Å². The van der Waals surface area contributed by atoms with E-state index in [4.69, 9.17) is 10.2 Å². The van der Waals surface area contributed by atoms with E-state index in [0.29, 0.717) is 18.8 Å². The lowest BCUT2D eigenvalue weighted by Crippen LogP contribution is -2.22. The zero-order chi connectivity index (χ0) is 13.7. The predicted molar refractivity (Wildman–Crippen MR) is 72.7 cm³/mol. The van der Waals surface area contributed by atoms with Crippen LogP contribution in [0.15, 0.2) is 22.9 Å². The molecule has 0 aliphatic heterocycles. The first-order chi connectivity index (χ1) is 9.20. The molecule has 0 atom stereocenters. The average Bonchev–Trinajstić information content (AvgIpc) is 3.02. The van der Waals surface area contributed by atoms with Gasteiger partial charge in [-0.1, -0.05) is 11.8 Å². The topological polar surface area (TPSA) is 81.2 Å². The molecule has 0 bridgehead atoms. The minimum atomic E-state index is -0.266. The number of aryl methyl sites for hydroxylation is 1. The summed E-state index contributed by atoms with van der Waals surface area (Å²) in [4.78, 5) is 17.6. The Hall–Kier alpha value is -2.10. The Labute approximate surface area is 114 Å². The van der Waals surface area contributed by atoms with E-state index in [1.54, 1.807) is 6.92 Å². The Bertz CT molecular complexity index is 634. The van der Waals surface area contributed by atoms with Gasteiger partial charge in [0.25, 0.3) is 5.91 Å². The molecular weight excluding hydrogens is 262 g/mol. The van der Waals surface area contributed by atoms with Crippen LogP contribution in [0.1, 0.15) is 26.0 Å². The number of hydrogen-bond donors (Lipinski definition) is 2. The highest BCUT2D eigenvalue weighted by Crippen LogP contribution is 2.15. The maximum Gasteiger partial charge on any atom is 0.289 e. The van der Waals surface area contributed by atoms with Crippen LogP contribution in [0.5, 0.6) is 0 Å². The Kier molecular flexibility index (Phi) is 4.34. The van der Waals surface area contributed by atoms with Crippen molar-refractivity contribution in [2.75, 3.05) is 6.54 Å². The number of oxazole rings is 1. The molecule has 0 radical (unpaired) electrons. The van der Waals surface area contributed by atoms with Crippen LogP contribution in [-0.2, 0) is 6.54 Å². The van der Waals surface area contributed by atoms with Crippen molar-refractivity contribution < 1.29 is 9.21 Å². The van der Waals surface area contributed by atoms with Crippen molar-refractivity contribution in [3.8, 4) is 11.8 Å². The molecule has 0 fully saturated rings. The Morgan fingerprint density at radius 2 is 2.42 bits per heavy atom. The molecule has 0 saturated heterocycles. The van der Waals surface area contributed by atoms with Crippen molar-refractivity contribution >= 4 is 17.2 Å². The summed E-state index contributed by atoms with van der Waals surface area (Å²) in [6, 6.07) is 3.84. The number of carbonyl (C=O) groups excluding carboxylic acids is 1. The second-order valence-electron chi connectivity index (χ2n) is 3.72. The third-order valence-electron chi connectivity index (χ3n) is 2.35. The average molecular weight is 275 g/mol. The van der Waals surface area contributed by atoms with Gasteiger partial charge in [0, 0.05) is 4.88 Å². The highest BCUT2D eigenvalue weighted by Gasteiger charge is 2.13. The fraction of sp³-hybridized carbons (Fsp3) is 0.231. The van der Waals surface area contributed by atoms with Gasteiger partial charge in [-0.25, -0.2) is 4.98 Å². The molecule has 98 valence electrons. The van der Waals surface area contributed by atoms with Gasteiger partial charge in [-0.3, -0.25) is 4.79 Å². The Morgan fingerprint density at radius 3 is 3.11 bits per heavy atom. The molecule has 0 aromatic carbocycles. The van der Waals surface area contributed by atoms with Gasteiger partial charge in [-0.05, 0) is 19.1 Å². The van der Waals surface area contributed by atoms with Gasteiger partial charge < -0.3 is 15.5 Å². The van der Waals surface area contributed by atoms with Crippen molar-refractivity contribution in [3.63, 3.8) is 0 Å². The first-order valence-corrected chi connectivity index (χ1v) is 6.48.